The molecular weight excluding hydrogens is 264 g/mol. The van der Waals surface area contributed by atoms with Gasteiger partial charge < -0.3 is 15.5 Å². The van der Waals surface area contributed by atoms with E-state index >= 15 is 0 Å². The lowest BCUT2D eigenvalue weighted by Crippen LogP contribution is -2.34. The van der Waals surface area contributed by atoms with Crippen molar-refractivity contribution in [1.82, 2.24) is 4.98 Å². The summed E-state index contributed by atoms with van der Waals surface area (Å²) in [6.07, 6.45) is 3.23. The second-order valence-corrected chi connectivity index (χ2v) is 6.65. The highest BCUT2D eigenvalue weighted by Crippen LogP contribution is 2.20. The standard InChI is InChI=1S/C17H24N2O2/c1-17(2,3)8-9-21-16(20)14(18)10-12-11-19-15-7-5-4-6-13(12)15/h4-7,11,14,19H,8-10,18H2,1-3H3/t14-/m1/s1. The highest BCUT2D eigenvalue weighted by Gasteiger charge is 2.18. The maximum atomic E-state index is 11.9. The maximum Gasteiger partial charge on any atom is 0.323 e. The van der Waals surface area contributed by atoms with Gasteiger partial charge in [-0.1, -0.05) is 39.0 Å². The van der Waals surface area contributed by atoms with Crippen molar-refractivity contribution < 1.29 is 9.53 Å². The largest absolute Gasteiger partial charge is 0.465 e. The quantitative estimate of drug-likeness (QED) is 0.831. The number of aromatic amines is 1. The van der Waals surface area contributed by atoms with E-state index in [0.717, 1.165) is 22.9 Å². The van der Waals surface area contributed by atoms with Crippen LogP contribution in [0, 0.1) is 5.41 Å². The summed E-state index contributed by atoms with van der Waals surface area (Å²) in [5.74, 6) is -0.329. The van der Waals surface area contributed by atoms with Gasteiger partial charge in [-0.15, -0.1) is 0 Å². The van der Waals surface area contributed by atoms with Crippen molar-refractivity contribution in [3.05, 3.63) is 36.0 Å². The molecule has 0 saturated carbocycles. The van der Waals surface area contributed by atoms with Gasteiger partial charge in [-0.05, 0) is 23.5 Å². The number of rotatable bonds is 5. The van der Waals surface area contributed by atoms with Crippen LogP contribution in [-0.2, 0) is 16.0 Å². The van der Waals surface area contributed by atoms with E-state index in [9.17, 15) is 4.79 Å². The molecule has 2 aromatic rings. The van der Waals surface area contributed by atoms with Gasteiger partial charge in [0.2, 0.25) is 0 Å². The third-order valence-corrected chi connectivity index (χ3v) is 3.51. The van der Waals surface area contributed by atoms with Crippen LogP contribution in [0.2, 0.25) is 0 Å². The van der Waals surface area contributed by atoms with E-state index in [0.29, 0.717) is 13.0 Å². The number of carbonyl (C=O) groups is 1. The Balaban J connectivity index is 1.92. The molecule has 3 N–H and O–H groups in total. The molecule has 1 aromatic heterocycles. The number of ether oxygens (including phenoxy) is 1. The first-order valence-corrected chi connectivity index (χ1v) is 7.34. The number of nitrogens with two attached hydrogens (primary N) is 1. The van der Waals surface area contributed by atoms with Crippen molar-refractivity contribution >= 4 is 16.9 Å². The summed E-state index contributed by atoms with van der Waals surface area (Å²) in [6.45, 7) is 6.77. The van der Waals surface area contributed by atoms with E-state index in [1.54, 1.807) is 0 Å². The monoisotopic (exact) mass is 288 g/mol. The number of nitrogens with one attached hydrogen (secondary N) is 1. The minimum Gasteiger partial charge on any atom is -0.465 e. The smallest absolute Gasteiger partial charge is 0.323 e. The second-order valence-electron chi connectivity index (χ2n) is 6.65. The number of fused-ring (bicyclic) bond motifs is 1. The first-order valence-electron chi connectivity index (χ1n) is 7.34. The van der Waals surface area contributed by atoms with Crippen LogP contribution in [0.5, 0.6) is 0 Å². The summed E-state index contributed by atoms with van der Waals surface area (Å²) in [6, 6.07) is 7.37. The molecule has 114 valence electrons. The second kappa shape index (κ2) is 6.31. The number of para-hydroxylation sites is 1. The Morgan fingerprint density at radius 2 is 2.05 bits per heavy atom. The third kappa shape index (κ3) is 4.33. The Bertz CT molecular complexity index is 611. The molecule has 0 amide bonds. The van der Waals surface area contributed by atoms with Crippen LogP contribution in [-0.4, -0.2) is 23.6 Å². The molecule has 4 heteroatoms. The summed E-state index contributed by atoms with van der Waals surface area (Å²) in [4.78, 5) is 15.1. The van der Waals surface area contributed by atoms with Gasteiger partial charge in [-0.2, -0.15) is 0 Å². The van der Waals surface area contributed by atoms with Crippen LogP contribution >= 0.6 is 0 Å². The van der Waals surface area contributed by atoms with Crippen molar-refractivity contribution in [2.45, 2.75) is 39.7 Å². The summed E-state index contributed by atoms with van der Waals surface area (Å²) in [7, 11) is 0. The molecule has 21 heavy (non-hydrogen) atoms. The Kier molecular flexibility index (Phi) is 4.68. The summed E-state index contributed by atoms with van der Waals surface area (Å²) in [5, 5.41) is 1.11. The van der Waals surface area contributed by atoms with Gasteiger partial charge in [-0.25, -0.2) is 0 Å². The van der Waals surface area contributed by atoms with Gasteiger partial charge in [0.25, 0.3) is 0 Å². The Morgan fingerprint density at radius 3 is 2.76 bits per heavy atom. The number of aromatic nitrogens is 1. The molecule has 0 aliphatic rings. The minimum atomic E-state index is -0.621. The molecule has 2 rings (SSSR count). The molecular formula is C17H24N2O2. The van der Waals surface area contributed by atoms with E-state index in [1.807, 2.05) is 30.5 Å². The van der Waals surface area contributed by atoms with Gasteiger partial charge in [0.1, 0.15) is 6.04 Å². The predicted octanol–water partition coefficient (Wildman–Crippen LogP) is 3.02. The number of carbonyl (C=O) groups excluding carboxylic acids is 1. The van der Waals surface area contributed by atoms with Gasteiger partial charge in [0.15, 0.2) is 0 Å². The summed E-state index contributed by atoms with van der Waals surface area (Å²) < 4.78 is 5.27. The number of benzene rings is 1. The molecule has 1 aromatic carbocycles. The highest BCUT2D eigenvalue weighted by molar-refractivity contribution is 5.84. The van der Waals surface area contributed by atoms with Crippen LogP contribution in [0.1, 0.15) is 32.8 Å². The summed E-state index contributed by atoms with van der Waals surface area (Å²) in [5.41, 5.74) is 8.22. The van der Waals surface area contributed by atoms with Crippen LogP contribution in [0.15, 0.2) is 30.5 Å². The van der Waals surface area contributed by atoms with E-state index in [4.69, 9.17) is 10.5 Å². The Labute approximate surface area is 125 Å². The zero-order valence-electron chi connectivity index (χ0n) is 13.0. The van der Waals surface area contributed by atoms with Gasteiger partial charge in [0, 0.05) is 23.5 Å². The van der Waals surface area contributed by atoms with Crippen molar-refractivity contribution in [2.75, 3.05) is 6.61 Å². The lowest BCUT2D eigenvalue weighted by molar-refractivity contribution is -0.145. The molecule has 1 heterocycles. The third-order valence-electron chi connectivity index (χ3n) is 3.51. The fourth-order valence-electron chi connectivity index (χ4n) is 2.19. The first-order chi connectivity index (χ1) is 9.87. The van der Waals surface area contributed by atoms with Gasteiger partial charge >= 0.3 is 5.97 Å². The molecule has 4 nitrogen and oxygen atoms in total. The predicted molar refractivity (Wildman–Crippen MR) is 85.0 cm³/mol. The van der Waals surface area contributed by atoms with E-state index in [-0.39, 0.29) is 11.4 Å². The maximum absolute atomic E-state index is 11.9. The first kappa shape index (κ1) is 15.6. The molecule has 0 fully saturated rings. The zero-order valence-corrected chi connectivity index (χ0v) is 13.0. The molecule has 0 bridgehead atoms. The van der Waals surface area contributed by atoms with E-state index in [1.165, 1.54) is 0 Å². The Morgan fingerprint density at radius 1 is 1.33 bits per heavy atom. The van der Waals surface area contributed by atoms with Crippen LogP contribution < -0.4 is 5.73 Å². The van der Waals surface area contributed by atoms with Crippen molar-refractivity contribution in [1.29, 1.82) is 0 Å². The molecule has 0 aliphatic carbocycles. The topological polar surface area (TPSA) is 68.1 Å². The van der Waals surface area contributed by atoms with Crippen molar-refractivity contribution in [2.24, 2.45) is 11.1 Å². The van der Waals surface area contributed by atoms with Crippen LogP contribution in [0.3, 0.4) is 0 Å². The lowest BCUT2D eigenvalue weighted by Gasteiger charge is -2.18. The fourth-order valence-corrected chi connectivity index (χ4v) is 2.19. The normalized spacial score (nSPS) is 13.3. The van der Waals surface area contributed by atoms with E-state index in [2.05, 4.69) is 25.8 Å². The molecule has 0 saturated heterocycles. The molecule has 0 radical (unpaired) electrons. The van der Waals surface area contributed by atoms with Crippen LogP contribution in [0.4, 0.5) is 0 Å². The summed E-state index contributed by atoms with van der Waals surface area (Å²) >= 11 is 0. The van der Waals surface area contributed by atoms with Crippen molar-refractivity contribution in [3.8, 4) is 0 Å². The van der Waals surface area contributed by atoms with Gasteiger partial charge in [0.05, 0.1) is 6.61 Å². The minimum absolute atomic E-state index is 0.154. The lowest BCUT2D eigenvalue weighted by atomic mass is 9.93. The zero-order chi connectivity index (χ0) is 15.5. The number of hydrogen-bond acceptors (Lipinski definition) is 3. The van der Waals surface area contributed by atoms with Crippen LogP contribution in [0.25, 0.3) is 10.9 Å². The SMILES string of the molecule is CC(C)(C)CCOC(=O)[C@H](N)Cc1c[nH]c2ccccc12. The fraction of sp³-hybridized carbons (Fsp3) is 0.471. The number of hydrogen-bond donors (Lipinski definition) is 2. The highest BCUT2D eigenvalue weighted by atomic mass is 16.5. The number of esters is 1. The average molecular weight is 288 g/mol. The van der Waals surface area contributed by atoms with E-state index < -0.39 is 6.04 Å². The molecule has 0 unspecified atom stereocenters. The average Bonchev–Trinajstić information content (AvgIpc) is 2.80. The molecule has 1 atom stereocenters. The molecule has 0 spiro atoms. The van der Waals surface area contributed by atoms with Crippen molar-refractivity contribution in [3.63, 3.8) is 0 Å². The Hall–Kier alpha value is -1.81. The number of H-pyrrole nitrogens is 1. The molecule has 0 aliphatic heterocycles. The van der Waals surface area contributed by atoms with Gasteiger partial charge in [-0.3, -0.25) is 4.79 Å².